The minimum atomic E-state index is -0.435. The first-order chi connectivity index (χ1) is 9.24. The number of rotatable bonds is 5. The van der Waals surface area contributed by atoms with Gasteiger partial charge in [0.05, 0.1) is 5.02 Å². The number of para-hydroxylation sites is 1. The van der Waals surface area contributed by atoms with Crippen LogP contribution in [0.4, 0.5) is 0 Å². The first-order valence-electron chi connectivity index (χ1n) is 5.82. The molecule has 0 atom stereocenters. The van der Waals surface area contributed by atoms with E-state index in [0.29, 0.717) is 10.8 Å². The Morgan fingerprint density at radius 1 is 0.947 bits per heavy atom. The van der Waals surface area contributed by atoms with Gasteiger partial charge in [0.1, 0.15) is 11.5 Å². The molecular weight excluding hydrogens is 264 g/mol. The van der Waals surface area contributed by atoms with Crippen molar-refractivity contribution in [2.75, 3.05) is 14.2 Å². The van der Waals surface area contributed by atoms with Gasteiger partial charge in [0, 0.05) is 19.8 Å². The zero-order chi connectivity index (χ0) is 13.7. The maximum absolute atomic E-state index is 6.13. The van der Waals surface area contributed by atoms with Crippen LogP contribution in [0.5, 0.6) is 11.5 Å². The second kappa shape index (κ2) is 6.57. The Balaban J connectivity index is 2.27. The van der Waals surface area contributed by atoms with Gasteiger partial charge in [-0.05, 0) is 24.3 Å². The summed E-state index contributed by atoms with van der Waals surface area (Å²) < 4.78 is 16.2. The van der Waals surface area contributed by atoms with Crippen LogP contribution in [-0.4, -0.2) is 14.2 Å². The average molecular weight is 279 g/mol. The topological polar surface area (TPSA) is 27.7 Å². The Kier molecular flexibility index (Phi) is 4.80. The minimum absolute atomic E-state index is 0.435. The van der Waals surface area contributed by atoms with Crippen molar-refractivity contribution in [2.24, 2.45) is 0 Å². The molecule has 0 heterocycles. The van der Waals surface area contributed by atoms with Crippen molar-refractivity contribution in [1.82, 2.24) is 0 Å². The molecule has 0 saturated carbocycles. The highest BCUT2D eigenvalue weighted by Crippen LogP contribution is 2.32. The summed E-state index contributed by atoms with van der Waals surface area (Å²) in [5, 5.41) is 0.540. The van der Waals surface area contributed by atoms with E-state index in [2.05, 4.69) is 0 Å². The highest BCUT2D eigenvalue weighted by molar-refractivity contribution is 6.32. The summed E-state index contributed by atoms with van der Waals surface area (Å²) in [5.74, 6) is 1.30. The molecule has 0 saturated heterocycles. The number of hydrogen-bond acceptors (Lipinski definition) is 3. The van der Waals surface area contributed by atoms with Crippen LogP contribution in [0, 0.1) is 0 Å². The third-order valence-corrected chi connectivity index (χ3v) is 2.94. The normalized spacial score (nSPS) is 10.7. The average Bonchev–Trinajstić information content (AvgIpc) is 2.45. The van der Waals surface area contributed by atoms with Crippen molar-refractivity contribution < 1.29 is 14.2 Å². The summed E-state index contributed by atoms with van der Waals surface area (Å²) in [4.78, 5) is 0. The summed E-state index contributed by atoms with van der Waals surface area (Å²) >= 11 is 6.13. The van der Waals surface area contributed by atoms with E-state index in [1.807, 2.05) is 42.5 Å². The highest BCUT2D eigenvalue weighted by Gasteiger charge is 2.12. The van der Waals surface area contributed by atoms with Crippen molar-refractivity contribution in [3.63, 3.8) is 0 Å². The molecule has 4 heteroatoms. The van der Waals surface area contributed by atoms with Gasteiger partial charge < -0.3 is 14.2 Å². The lowest BCUT2D eigenvalue weighted by Crippen LogP contribution is -2.03. The molecule has 19 heavy (non-hydrogen) atoms. The lowest BCUT2D eigenvalue weighted by Gasteiger charge is -2.15. The van der Waals surface area contributed by atoms with Crippen molar-refractivity contribution >= 4 is 11.6 Å². The molecule has 0 bridgehead atoms. The first-order valence-corrected chi connectivity index (χ1v) is 6.20. The summed E-state index contributed by atoms with van der Waals surface area (Å²) in [7, 11) is 3.17. The summed E-state index contributed by atoms with van der Waals surface area (Å²) in [6.45, 7) is 0. The van der Waals surface area contributed by atoms with E-state index in [9.17, 15) is 0 Å². The highest BCUT2D eigenvalue weighted by atomic mass is 35.5. The number of hydrogen-bond donors (Lipinski definition) is 0. The second-order valence-corrected chi connectivity index (χ2v) is 4.32. The molecule has 0 radical (unpaired) electrons. The van der Waals surface area contributed by atoms with Crippen molar-refractivity contribution in [2.45, 2.75) is 6.29 Å². The standard InChI is InChI=1S/C15H15ClO3/c1-17-15(18-2)11-8-9-13(16)14(10-11)19-12-6-4-3-5-7-12/h3-10,15H,1-2H3. The molecule has 0 aliphatic rings. The van der Waals surface area contributed by atoms with Crippen LogP contribution in [0.1, 0.15) is 11.9 Å². The molecule has 2 rings (SSSR count). The molecule has 100 valence electrons. The van der Waals surface area contributed by atoms with Gasteiger partial charge in [-0.2, -0.15) is 0 Å². The van der Waals surface area contributed by atoms with Crippen molar-refractivity contribution in [1.29, 1.82) is 0 Å². The molecule has 0 aliphatic carbocycles. The van der Waals surface area contributed by atoms with Gasteiger partial charge in [-0.1, -0.05) is 35.9 Å². The largest absolute Gasteiger partial charge is 0.456 e. The molecule has 0 aliphatic heterocycles. The van der Waals surface area contributed by atoms with Crippen LogP contribution < -0.4 is 4.74 Å². The Morgan fingerprint density at radius 2 is 1.63 bits per heavy atom. The van der Waals surface area contributed by atoms with Crippen LogP contribution >= 0.6 is 11.6 Å². The molecule has 2 aromatic rings. The zero-order valence-corrected chi connectivity index (χ0v) is 11.6. The molecule has 0 unspecified atom stereocenters. The third-order valence-electron chi connectivity index (χ3n) is 2.63. The van der Waals surface area contributed by atoms with Crippen molar-refractivity contribution in [3.8, 4) is 11.5 Å². The quantitative estimate of drug-likeness (QED) is 0.758. The van der Waals surface area contributed by atoms with E-state index >= 15 is 0 Å². The molecule has 0 spiro atoms. The lowest BCUT2D eigenvalue weighted by molar-refractivity contribution is -0.106. The molecule has 0 N–H and O–H groups in total. The maximum atomic E-state index is 6.13. The predicted octanol–water partition coefficient (Wildman–Crippen LogP) is 4.42. The van der Waals surface area contributed by atoms with Crippen LogP contribution in [-0.2, 0) is 9.47 Å². The van der Waals surface area contributed by atoms with E-state index < -0.39 is 6.29 Å². The lowest BCUT2D eigenvalue weighted by atomic mass is 10.2. The van der Waals surface area contributed by atoms with Crippen LogP contribution in [0.15, 0.2) is 48.5 Å². The van der Waals surface area contributed by atoms with Gasteiger partial charge in [0.15, 0.2) is 6.29 Å². The van der Waals surface area contributed by atoms with Crippen molar-refractivity contribution in [3.05, 3.63) is 59.1 Å². The van der Waals surface area contributed by atoms with Gasteiger partial charge in [0.25, 0.3) is 0 Å². The molecule has 3 nitrogen and oxygen atoms in total. The monoisotopic (exact) mass is 278 g/mol. The van der Waals surface area contributed by atoms with Gasteiger partial charge in [0.2, 0.25) is 0 Å². The Hall–Kier alpha value is -1.55. The molecule has 0 fully saturated rings. The molecular formula is C15H15ClO3. The number of methoxy groups -OCH3 is 2. The molecule has 0 amide bonds. The van der Waals surface area contributed by atoms with Crippen LogP contribution in [0.2, 0.25) is 5.02 Å². The first kappa shape index (κ1) is 13.9. The number of ether oxygens (including phenoxy) is 3. The van der Waals surface area contributed by atoms with E-state index in [1.54, 1.807) is 20.3 Å². The number of halogens is 1. The SMILES string of the molecule is COC(OC)c1ccc(Cl)c(Oc2ccccc2)c1. The minimum Gasteiger partial charge on any atom is -0.456 e. The van der Waals surface area contributed by atoms with Gasteiger partial charge in [-0.3, -0.25) is 0 Å². The molecule has 0 aromatic heterocycles. The van der Waals surface area contributed by atoms with Gasteiger partial charge >= 0.3 is 0 Å². The third kappa shape index (κ3) is 3.47. The predicted molar refractivity (Wildman–Crippen MR) is 74.7 cm³/mol. The molecule has 2 aromatic carbocycles. The van der Waals surface area contributed by atoms with Crippen LogP contribution in [0.3, 0.4) is 0 Å². The smallest absolute Gasteiger partial charge is 0.183 e. The second-order valence-electron chi connectivity index (χ2n) is 3.91. The Bertz CT molecular complexity index is 524. The van der Waals surface area contributed by atoms with E-state index in [4.69, 9.17) is 25.8 Å². The summed E-state index contributed by atoms with van der Waals surface area (Å²) in [6.07, 6.45) is -0.435. The maximum Gasteiger partial charge on any atom is 0.183 e. The Morgan fingerprint density at radius 3 is 2.26 bits per heavy atom. The zero-order valence-electron chi connectivity index (χ0n) is 10.8. The van der Waals surface area contributed by atoms with E-state index in [-0.39, 0.29) is 0 Å². The van der Waals surface area contributed by atoms with E-state index in [1.165, 1.54) is 0 Å². The summed E-state index contributed by atoms with van der Waals surface area (Å²) in [6, 6.07) is 14.9. The van der Waals surface area contributed by atoms with E-state index in [0.717, 1.165) is 11.3 Å². The van der Waals surface area contributed by atoms with Gasteiger partial charge in [-0.25, -0.2) is 0 Å². The Labute approximate surface area is 117 Å². The fourth-order valence-electron chi connectivity index (χ4n) is 1.73. The van der Waals surface area contributed by atoms with Gasteiger partial charge in [-0.15, -0.1) is 0 Å². The summed E-state index contributed by atoms with van der Waals surface area (Å²) in [5.41, 5.74) is 0.848. The number of benzene rings is 2. The fourth-order valence-corrected chi connectivity index (χ4v) is 1.88. The fraction of sp³-hybridized carbons (Fsp3) is 0.200. The van der Waals surface area contributed by atoms with Crippen LogP contribution in [0.25, 0.3) is 0 Å².